The summed E-state index contributed by atoms with van der Waals surface area (Å²) in [7, 11) is 2.88. The number of hydrogen-bond acceptors (Lipinski definition) is 4. The van der Waals surface area contributed by atoms with Crippen LogP contribution in [0, 0.1) is 0 Å². The first-order valence-corrected chi connectivity index (χ1v) is 4.40. The second-order valence-corrected chi connectivity index (χ2v) is 3.02. The van der Waals surface area contributed by atoms with Crippen LogP contribution in [-0.2, 0) is 0 Å². The van der Waals surface area contributed by atoms with Crippen molar-refractivity contribution in [1.82, 2.24) is 0 Å². The largest absolute Gasteiger partial charge is 0.507 e. The first-order chi connectivity index (χ1) is 7.13. The van der Waals surface area contributed by atoms with Crippen molar-refractivity contribution in [3.8, 4) is 17.2 Å². The Morgan fingerprint density at radius 1 is 1.40 bits per heavy atom. The number of alkyl halides is 1. The highest BCUT2D eigenvalue weighted by atomic mass is 19.1. The van der Waals surface area contributed by atoms with Gasteiger partial charge in [-0.2, -0.15) is 0 Å². The topological polar surface area (TPSA) is 64.7 Å². The monoisotopic (exact) mass is 215 g/mol. The number of nitrogens with two attached hydrogens (primary N) is 1. The maximum Gasteiger partial charge on any atom is 0.131 e. The van der Waals surface area contributed by atoms with Crippen molar-refractivity contribution < 1.29 is 19.0 Å². The summed E-state index contributed by atoms with van der Waals surface area (Å²) in [4.78, 5) is 0. The number of rotatable bonds is 4. The maximum absolute atomic E-state index is 12.4. The highest BCUT2D eigenvalue weighted by Gasteiger charge is 2.18. The molecule has 0 unspecified atom stereocenters. The van der Waals surface area contributed by atoms with E-state index in [0.29, 0.717) is 11.5 Å². The third-order valence-corrected chi connectivity index (χ3v) is 2.09. The van der Waals surface area contributed by atoms with E-state index >= 15 is 0 Å². The standard InChI is InChI=1S/C10H14FNO3/c1-14-6-3-8(13)10(7(12)5-11)9(4-6)15-2/h3-4,7,13H,5,12H2,1-2H3/t7-/m0/s1. The van der Waals surface area contributed by atoms with E-state index < -0.39 is 12.7 Å². The van der Waals surface area contributed by atoms with E-state index in [-0.39, 0.29) is 11.3 Å². The Labute approximate surface area is 87.4 Å². The van der Waals surface area contributed by atoms with Crippen molar-refractivity contribution in [3.63, 3.8) is 0 Å². The predicted molar refractivity (Wildman–Crippen MR) is 54.1 cm³/mol. The van der Waals surface area contributed by atoms with Crippen molar-refractivity contribution in [1.29, 1.82) is 0 Å². The number of ether oxygens (including phenoxy) is 2. The fraction of sp³-hybridized carbons (Fsp3) is 0.400. The van der Waals surface area contributed by atoms with Gasteiger partial charge in [-0.1, -0.05) is 0 Å². The molecule has 84 valence electrons. The van der Waals surface area contributed by atoms with E-state index in [1.165, 1.54) is 20.3 Å². The van der Waals surface area contributed by atoms with Gasteiger partial charge >= 0.3 is 0 Å². The van der Waals surface area contributed by atoms with Crippen LogP contribution in [0.1, 0.15) is 11.6 Å². The molecule has 0 saturated carbocycles. The van der Waals surface area contributed by atoms with Crippen LogP contribution in [0.5, 0.6) is 17.2 Å². The molecule has 0 aliphatic carbocycles. The van der Waals surface area contributed by atoms with E-state index in [0.717, 1.165) is 0 Å². The van der Waals surface area contributed by atoms with Gasteiger partial charge in [0.25, 0.3) is 0 Å². The lowest BCUT2D eigenvalue weighted by atomic mass is 10.1. The third-order valence-electron chi connectivity index (χ3n) is 2.09. The molecule has 1 atom stereocenters. The highest BCUT2D eigenvalue weighted by molar-refractivity contribution is 5.51. The molecule has 3 N–H and O–H groups in total. The Morgan fingerprint density at radius 2 is 2.07 bits per heavy atom. The number of methoxy groups -OCH3 is 2. The molecule has 1 aromatic rings. The minimum atomic E-state index is -0.897. The quantitative estimate of drug-likeness (QED) is 0.796. The Morgan fingerprint density at radius 3 is 2.53 bits per heavy atom. The van der Waals surface area contributed by atoms with E-state index in [1.807, 2.05) is 0 Å². The summed E-state index contributed by atoms with van der Waals surface area (Å²) >= 11 is 0. The van der Waals surface area contributed by atoms with Crippen LogP contribution in [0.2, 0.25) is 0 Å². The van der Waals surface area contributed by atoms with Crippen molar-refractivity contribution >= 4 is 0 Å². The molecular formula is C10H14FNO3. The minimum Gasteiger partial charge on any atom is -0.507 e. The zero-order valence-corrected chi connectivity index (χ0v) is 8.66. The van der Waals surface area contributed by atoms with Crippen molar-refractivity contribution in [3.05, 3.63) is 17.7 Å². The summed E-state index contributed by atoms with van der Waals surface area (Å²) in [6.07, 6.45) is 0. The first-order valence-electron chi connectivity index (χ1n) is 4.40. The molecule has 1 rings (SSSR count). The summed E-state index contributed by atoms with van der Waals surface area (Å²) in [5.41, 5.74) is 5.76. The Kier molecular flexibility index (Phi) is 3.74. The summed E-state index contributed by atoms with van der Waals surface area (Å²) < 4.78 is 22.4. The number of benzene rings is 1. The molecule has 0 radical (unpaired) electrons. The molecule has 0 spiro atoms. The Bertz CT molecular complexity index is 344. The minimum absolute atomic E-state index is 0.128. The van der Waals surface area contributed by atoms with Gasteiger partial charge in [-0.25, -0.2) is 4.39 Å². The van der Waals surface area contributed by atoms with Crippen LogP contribution < -0.4 is 15.2 Å². The molecule has 0 fully saturated rings. The van der Waals surface area contributed by atoms with E-state index in [4.69, 9.17) is 15.2 Å². The molecule has 0 heterocycles. The Balaban J connectivity index is 3.24. The van der Waals surface area contributed by atoms with Gasteiger partial charge in [-0.15, -0.1) is 0 Å². The van der Waals surface area contributed by atoms with Gasteiger partial charge in [0.05, 0.1) is 25.8 Å². The number of phenols is 1. The summed E-state index contributed by atoms with van der Waals surface area (Å²) in [5, 5.41) is 9.63. The fourth-order valence-corrected chi connectivity index (χ4v) is 1.32. The van der Waals surface area contributed by atoms with Gasteiger partial charge in [0.1, 0.15) is 23.9 Å². The van der Waals surface area contributed by atoms with Crippen molar-refractivity contribution in [2.24, 2.45) is 5.73 Å². The van der Waals surface area contributed by atoms with Crippen molar-refractivity contribution in [2.45, 2.75) is 6.04 Å². The lowest BCUT2D eigenvalue weighted by Crippen LogP contribution is -2.13. The second-order valence-electron chi connectivity index (χ2n) is 3.02. The average molecular weight is 215 g/mol. The number of aromatic hydroxyl groups is 1. The normalized spacial score (nSPS) is 12.3. The number of phenolic OH excluding ortho intramolecular Hbond substituents is 1. The Hall–Kier alpha value is -1.49. The SMILES string of the molecule is COc1cc(O)c([C@@H](N)CF)c(OC)c1. The molecule has 1 aromatic carbocycles. The zero-order chi connectivity index (χ0) is 11.4. The lowest BCUT2D eigenvalue weighted by Gasteiger charge is -2.15. The zero-order valence-electron chi connectivity index (χ0n) is 8.66. The number of halogens is 1. The van der Waals surface area contributed by atoms with Gasteiger partial charge in [0, 0.05) is 12.1 Å². The molecule has 0 aliphatic heterocycles. The first kappa shape index (κ1) is 11.6. The highest BCUT2D eigenvalue weighted by Crippen LogP contribution is 2.36. The summed E-state index contributed by atoms with van der Waals surface area (Å²) in [6.45, 7) is -0.768. The summed E-state index contributed by atoms with van der Waals surface area (Å²) in [5.74, 6) is 0.618. The molecule has 4 nitrogen and oxygen atoms in total. The number of hydrogen-bond donors (Lipinski definition) is 2. The van der Waals surface area contributed by atoms with Gasteiger partial charge in [0.15, 0.2) is 0 Å². The molecular weight excluding hydrogens is 201 g/mol. The van der Waals surface area contributed by atoms with Crippen LogP contribution in [0.25, 0.3) is 0 Å². The van der Waals surface area contributed by atoms with E-state index in [1.54, 1.807) is 6.07 Å². The van der Waals surface area contributed by atoms with Crippen LogP contribution in [0.15, 0.2) is 12.1 Å². The predicted octanol–water partition coefficient (Wildman–Crippen LogP) is 1.38. The van der Waals surface area contributed by atoms with Crippen LogP contribution in [0.3, 0.4) is 0 Å². The van der Waals surface area contributed by atoms with E-state index in [2.05, 4.69) is 0 Å². The van der Waals surface area contributed by atoms with E-state index in [9.17, 15) is 9.50 Å². The average Bonchev–Trinajstić information content (AvgIpc) is 2.26. The van der Waals surface area contributed by atoms with Gasteiger partial charge in [-0.05, 0) is 0 Å². The van der Waals surface area contributed by atoms with Crippen molar-refractivity contribution in [2.75, 3.05) is 20.9 Å². The van der Waals surface area contributed by atoms with Crippen LogP contribution >= 0.6 is 0 Å². The van der Waals surface area contributed by atoms with Gasteiger partial charge in [-0.3, -0.25) is 0 Å². The lowest BCUT2D eigenvalue weighted by molar-refractivity contribution is 0.362. The third kappa shape index (κ3) is 2.30. The maximum atomic E-state index is 12.4. The van der Waals surface area contributed by atoms with Gasteiger partial charge in [0.2, 0.25) is 0 Å². The molecule has 0 saturated heterocycles. The summed E-state index contributed by atoms with van der Waals surface area (Å²) in [6, 6.07) is 2.02. The fourth-order valence-electron chi connectivity index (χ4n) is 1.32. The second kappa shape index (κ2) is 4.84. The molecule has 15 heavy (non-hydrogen) atoms. The van der Waals surface area contributed by atoms with Crippen LogP contribution in [-0.4, -0.2) is 26.0 Å². The smallest absolute Gasteiger partial charge is 0.131 e. The molecule has 5 heteroatoms. The molecule has 0 bridgehead atoms. The molecule has 0 amide bonds. The van der Waals surface area contributed by atoms with Crippen LogP contribution in [0.4, 0.5) is 4.39 Å². The van der Waals surface area contributed by atoms with Gasteiger partial charge < -0.3 is 20.3 Å². The molecule has 0 aliphatic rings. The molecule has 0 aromatic heterocycles.